The van der Waals surface area contributed by atoms with Crippen LogP contribution in [-0.2, 0) is 14.6 Å². The molecule has 0 aromatic carbocycles. The first kappa shape index (κ1) is 24.1. The Morgan fingerprint density at radius 2 is 2.10 bits per heavy atom. The molecule has 166 valence electrons. The lowest BCUT2D eigenvalue weighted by molar-refractivity contribution is 0.107. The Morgan fingerprint density at radius 3 is 2.72 bits per heavy atom. The van der Waals surface area contributed by atoms with Crippen LogP contribution in [0.4, 0.5) is 0 Å². The molecule has 0 saturated heterocycles. The molecule has 0 amide bonds. The first-order valence-corrected chi connectivity index (χ1v) is 13.0. The number of aliphatic hydroxyl groups excluding tert-OH is 1. The number of ether oxygens (including phenoxy) is 1. The molecule has 9 heteroatoms. The van der Waals surface area contributed by atoms with E-state index in [-0.39, 0.29) is 21.9 Å². The van der Waals surface area contributed by atoms with Crippen LogP contribution >= 0.6 is 11.3 Å². The van der Waals surface area contributed by atoms with Gasteiger partial charge in [0.15, 0.2) is 15.8 Å². The van der Waals surface area contributed by atoms with Crippen molar-refractivity contribution in [3.8, 4) is 0 Å². The van der Waals surface area contributed by atoms with Gasteiger partial charge in [-0.15, -0.1) is 11.3 Å². The molecule has 0 bridgehead atoms. The summed E-state index contributed by atoms with van der Waals surface area (Å²) in [6.07, 6.45) is 4.76. The van der Waals surface area contributed by atoms with E-state index in [1.807, 2.05) is 13.8 Å². The highest BCUT2D eigenvalue weighted by atomic mass is 32.2. The lowest BCUT2D eigenvalue weighted by atomic mass is 9.83. The topological polar surface area (TPSA) is 100 Å². The van der Waals surface area contributed by atoms with E-state index in [0.717, 1.165) is 32.5 Å². The van der Waals surface area contributed by atoms with Gasteiger partial charge in [-0.25, -0.2) is 8.42 Å². The van der Waals surface area contributed by atoms with E-state index >= 15 is 0 Å². The monoisotopic (exact) mass is 445 g/mol. The molecule has 2 rings (SSSR count). The van der Waals surface area contributed by atoms with E-state index in [1.165, 1.54) is 24.2 Å². The standard InChI is InChI=1S/C20H35N3O4S2/c1-3-21-19(23-16-20(9-5-6-10-20)11-12-27-4-2)22-14-17(24)15-29(25,26)18-8-7-13-28-18/h7-8,13,17,24H,3-6,9-12,14-16H2,1-2H3,(H2,21,22,23). The Balaban J connectivity index is 1.90. The molecule has 1 unspecified atom stereocenters. The summed E-state index contributed by atoms with van der Waals surface area (Å²) in [5.74, 6) is 0.306. The maximum Gasteiger partial charge on any atom is 0.191 e. The number of thiophene rings is 1. The molecule has 7 nitrogen and oxygen atoms in total. The smallest absolute Gasteiger partial charge is 0.191 e. The van der Waals surface area contributed by atoms with Crippen LogP contribution in [0.2, 0.25) is 0 Å². The van der Waals surface area contributed by atoms with Crippen LogP contribution in [0.25, 0.3) is 0 Å². The zero-order chi connectivity index (χ0) is 21.2. The Bertz CT molecular complexity index is 714. The molecule has 29 heavy (non-hydrogen) atoms. The molecule has 1 saturated carbocycles. The van der Waals surface area contributed by atoms with Gasteiger partial charge in [0.25, 0.3) is 0 Å². The molecule has 1 aliphatic rings. The third-order valence-corrected chi connectivity index (χ3v) is 8.57. The van der Waals surface area contributed by atoms with Gasteiger partial charge in [0.1, 0.15) is 4.21 Å². The summed E-state index contributed by atoms with van der Waals surface area (Å²) in [5.41, 5.74) is 0.179. The van der Waals surface area contributed by atoms with Gasteiger partial charge in [0, 0.05) is 32.8 Å². The summed E-state index contributed by atoms with van der Waals surface area (Å²) in [6, 6.07) is 3.26. The Morgan fingerprint density at radius 1 is 1.34 bits per heavy atom. The Kier molecular flexibility index (Phi) is 9.88. The molecular weight excluding hydrogens is 410 g/mol. The molecule has 1 aromatic heterocycles. The van der Waals surface area contributed by atoms with E-state index in [1.54, 1.807) is 17.5 Å². The zero-order valence-electron chi connectivity index (χ0n) is 17.5. The highest BCUT2D eigenvalue weighted by molar-refractivity contribution is 7.93. The second kappa shape index (κ2) is 11.9. The first-order valence-electron chi connectivity index (χ1n) is 10.4. The quantitative estimate of drug-likeness (QED) is 0.260. The minimum Gasteiger partial charge on any atom is -0.390 e. The van der Waals surface area contributed by atoms with Gasteiger partial charge < -0.3 is 20.5 Å². The van der Waals surface area contributed by atoms with Crippen molar-refractivity contribution in [2.24, 2.45) is 10.4 Å². The predicted molar refractivity (Wildman–Crippen MR) is 118 cm³/mol. The molecule has 0 aliphatic heterocycles. The number of hydrogen-bond acceptors (Lipinski definition) is 6. The van der Waals surface area contributed by atoms with Gasteiger partial charge in [-0.2, -0.15) is 0 Å². The van der Waals surface area contributed by atoms with Crippen molar-refractivity contribution in [3.05, 3.63) is 17.5 Å². The molecule has 1 atom stereocenters. The molecule has 1 aromatic rings. The fourth-order valence-corrected chi connectivity index (χ4v) is 6.16. The van der Waals surface area contributed by atoms with E-state index in [0.29, 0.717) is 19.0 Å². The van der Waals surface area contributed by atoms with Crippen LogP contribution in [0.3, 0.4) is 0 Å². The second-order valence-electron chi connectivity index (χ2n) is 7.60. The predicted octanol–water partition coefficient (Wildman–Crippen LogP) is 2.42. The van der Waals surface area contributed by atoms with Crippen molar-refractivity contribution >= 4 is 27.1 Å². The van der Waals surface area contributed by atoms with Crippen LogP contribution < -0.4 is 10.6 Å². The number of rotatable bonds is 12. The SMILES string of the molecule is CCNC(=NCC1(CCOCC)CCCC1)NCC(O)CS(=O)(=O)c1cccs1. The number of nitrogens with zero attached hydrogens (tertiary/aromatic N) is 1. The number of aliphatic hydroxyl groups is 1. The summed E-state index contributed by atoms with van der Waals surface area (Å²) in [5, 5.41) is 18.2. The summed E-state index contributed by atoms with van der Waals surface area (Å²) in [6.45, 7) is 7.01. The highest BCUT2D eigenvalue weighted by Gasteiger charge is 2.33. The zero-order valence-corrected chi connectivity index (χ0v) is 19.2. The summed E-state index contributed by atoms with van der Waals surface area (Å²) >= 11 is 1.17. The maximum absolute atomic E-state index is 12.3. The highest BCUT2D eigenvalue weighted by Crippen LogP contribution is 2.41. The summed E-state index contributed by atoms with van der Waals surface area (Å²) in [4.78, 5) is 4.75. The lowest BCUT2D eigenvalue weighted by Crippen LogP contribution is -2.43. The minimum absolute atomic E-state index is 0.127. The van der Waals surface area contributed by atoms with E-state index in [9.17, 15) is 13.5 Å². The largest absolute Gasteiger partial charge is 0.390 e. The van der Waals surface area contributed by atoms with Crippen molar-refractivity contribution in [3.63, 3.8) is 0 Å². The third-order valence-electron chi connectivity index (χ3n) is 5.28. The van der Waals surface area contributed by atoms with Crippen molar-refractivity contribution in [2.75, 3.05) is 38.6 Å². The van der Waals surface area contributed by atoms with Gasteiger partial charge >= 0.3 is 0 Å². The van der Waals surface area contributed by atoms with Crippen LogP contribution in [0.15, 0.2) is 26.7 Å². The van der Waals surface area contributed by atoms with E-state index in [2.05, 4.69) is 10.6 Å². The van der Waals surface area contributed by atoms with Gasteiger partial charge in [0.05, 0.1) is 11.9 Å². The summed E-state index contributed by atoms with van der Waals surface area (Å²) < 4.78 is 30.5. The van der Waals surface area contributed by atoms with Crippen LogP contribution in [0, 0.1) is 5.41 Å². The number of nitrogens with one attached hydrogen (secondary N) is 2. The maximum atomic E-state index is 12.3. The minimum atomic E-state index is -3.47. The Hall–Kier alpha value is -1.16. The second-order valence-corrected chi connectivity index (χ2v) is 10.8. The van der Waals surface area contributed by atoms with Gasteiger partial charge in [-0.05, 0) is 50.0 Å². The Labute approximate surface area is 178 Å². The van der Waals surface area contributed by atoms with Crippen molar-refractivity contribution in [2.45, 2.75) is 56.3 Å². The summed E-state index contributed by atoms with van der Waals surface area (Å²) in [7, 11) is -3.47. The normalized spacial score (nSPS) is 18.0. The number of guanidine groups is 1. The van der Waals surface area contributed by atoms with Crippen molar-refractivity contribution in [1.82, 2.24) is 10.6 Å². The van der Waals surface area contributed by atoms with Gasteiger partial charge in [0.2, 0.25) is 0 Å². The van der Waals surface area contributed by atoms with Crippen LogP contribution in [0.1, 0.15) is 46.0 Å². The molecule has 0 spiro atoms. The van der Waals surface area contributed by atoms with Crippen LogP contribution in [-0.4, -0.2) is 64.2 Å². The fourth-order valence-electron chi connectivity index (χ4n) is 3.68. The van der Waals surface area contributed by atoms with Crippen molar-refractivity contribution in [1.29, 1.82) is 0 Å². The molecule has 1 fully saturated rings. The van der Waals surface area contributed by atoms with Crippen LogP contribution in [0.5, 0.6) is 0 Å². The van der Waals surface area contributed by atoms with E-state index < -0.39 is 15.9 Å². The molecule has 0 radical (unpaired) electrons. The lowest BCUT2D eigenvalue weighted by Gasteiger charge is -2.27. The number of aliphatic imine (C=N–C) groups is 1. The average molecular weight is 446 g/mol. The van der Waals surface area contributed by atoms with E-state index in [4.69, 9.17) is 9.73 Å². The third kappa shape index (κ3) is 7.88. The van der Waals surface area contributed by atoms with Gasteiger partial charge in [-0.3, -0.25) is 4.99 Å². The van der Waals surface area contributed by atoms with Gasteiger partial charge in [-0.1, -0.05) is 18.9 Å². The fraction of sp³-hybridized carbons (Fsp3) is 0.750. The number of hydrogen-bond donors (Lipinski definition) is 3. The van der Waals surface area contributed by atoms with Crippen molar-refractivity contribution < 1.29 is 18.3 Å². The molecule has 3 N–H and O–H groups in total. The number of sulfone groups is 1. The molecule has 1 aliphatic carbocycles. The average Bonchev–Trinajstić information content (AvgIpc) is 3.37. The first-order chi connectivity index (χ1) is 13.9. The molecule has 1 heterocycles. The molecular formula is C20H35N3O4S2.